The maximum absolute atomic E-state index is 11.2. The number of carbonyl (C=O) groups is 2. The Morgan fingerprint density at radius 3 is 2.42 bits per heavy atom. The minimum atomic E-state index is -0.549. The summed E-state index contributed by atoms with van der Waals surface area (Å²) >= 11 is 0. The van der Waals surface area contributed by atoms with Crippen LogP contribution in [0.25, 0.3) is 0 Å². The van der Waals surface area contributed by atoms with Crippen LogP contribution < -0.4 is 5.32 Å². The van der Waals surface area contributed by atoms with Gasteiger partial charge in [0.2, 0.25) is 0 Å². The monoisotopic (exact) mass is 166 g/mol. The molecule has 0 aromatic heterocycles. The van der Waals surface area contributed by atoms with Crippen molar-refractivity contribution < 1.29 is 9.59 Å². The Balaban J connectivity index is 2.20. The van der Waals surface area contributed by atoms with E-state index in [2.05, 4.69) is 10.3 Å². The van der Waals surface area contributed by atoms with Crippen LogP contribution in [0, 0.1) is 5.92 Å². The number of carbonyl (C=O) groups excluding carboxylic acids is 2. The third kappa shape index (κ3) is 1.03. The summed E-state index contributed by atoms with van der Waals surface area (Å²) in [6.45, 7) is 1.44. The molecule has 1 aliphatic carbocycles. The molecule has 1 fully saturated rings. The van der Waals surface area contributed by atoms with E-state index in [4.69, 9.17) is 0 Å². The largest absolute Gasteiger partial charge is 0.371 e. The zero-order valence-corrected chi connectivity index (χ0v) is 6.67. The van der Waals surface area contributed by atoms with E-state index in [9.17, 15) is 9.59 Å². The van der Waals surface area contributed by atoms with Crippen molar-refractivity contribution in [1.82, 2.24) is 5.32 Å². The number of nitrogens with one attached hydrogen (secondary N) is 1. The van der Waals surface area contributed by atoms with Crippen LogP contribution in [0.2, 0.25) is 0 Å². The Morgan fingerprint density at radius 2 is 1.92 bits per heavy atom. The molecule has 1 N–H and O–H groups in total. The van der Waals surface area contributed by atoms with Gasteiger partial charge in [-0.25, -0.2) is 0 Å². The molecule has 0 bridgehead atoms. The number of hydrogen-bond acceptors (Lipinski definition) is 4. The van der Waals surface area contributed by atoms with Crippen LogP contribution in [-0.4, -0.2) is 30.5 Å². The van der Waals surface area contributed by atoms with Gasteiger partial charge >= 0.3 is 0 Å². The van der Waals surface area contributed by atoms with Crippen LogP contribution >= 0.6 is 0 Å². The van der Waals surface area contributed by atoms with Gasteiger partial charge in [-0.05, 0) is 0 Å². The van der Waals surface area contributed by atoms with Gasteiger partial charge in [0.1, 0.15) is 11.8 Å². The zero-order valence-electron chi connectivity index (χ0n) is 6.67. The lowest BCUT2D eigenvalue weighted by atomic mass is 10.1. The van der Waals surface area contributed by atoms with Crippen molar-refractivity contribution >= 4 is 17.4 Å². The van der Waals surface area contributed by atoms with Gasteiger partial charge in [-0.2, -0.15) is 0 Å². The van der Waals surface area contributed by atoms with E-state index in [0.29, 0.717) is 25.2 Å². The van der Waals surface area contributed by atoms with Crippen LogP contribution in [0.15, 0.2) is 4.99 Å². The van der Waals surface area contributed by atoms with Crippen molar-refractivity contribution in [3.8, 4) is 0 Å². The van der Waals surface area contributed by atoms with E-state index < -0.39 is 5.92 Å². The van der Waals surface area contributed by atoms with E-state index in [1.807, 2.05) is 0 Å². The summed E-state index contributed by atoms with van der Waals surface area (Å²) in [5.74, 6) is 0.0938. The molecule has 2 rings (SSSR count). The molecular weight excluding hydrogens is 156 g/mol. The van der Waals surface area contributed by atoms with Crippen molar-refractivity contribution in [3.05, 3.63) is 0 Å². The van der Waals surface area contributed by atoms with Gasteiger partial charge in [0.25, 0.3) is 0 Å². The molecule has 64 valence electrons. The smallest absolute Gasteiger partial charge is 0.151 e. The fraction of sp³-hybridized carbons (Fsp3) is 0.625. The highest BCUT2D eigenvalue weighted by Gasteiger charge is 2.37. The van der Waals surface area contributed by atoms with Gasteiger partial charge in [0, 0.05) is 19.4 Å². The highest BCUT2D eigenvalue weighted by Crippen LogP contribution is 2.19. The van der Waals surface area contributed by atoms with Crippen LogP contribution in [-0.2, 0) is 9.59 Å². The van der Waals surface area contributed by atoms with Crippen molar-refractivity contribution in [2.24, 2.45) is 10.9 Å². The topological polar surface area (TPSA) is 58.5 Å². The van der Waals surface area contributed by atoms with Gasteiger partial charge in [-0.3, -0.25) is 14.6 Å². The number of aliphatic imine (C=N–C) groups is 1. The minimum absolute atomic E-state index is 0.0214. The summed E-state index contributed by atoms with van der Waals surface area (Å²) in [6.07, 6.45) is 0.786. The molecule has 1 heterocycles. The third-order valence-corrected chi connectivity index (χ3v) is 2.24. The van der Waals surface area contributed by atoms with E-state index in [-0.39, 0.29) is 11.6 Å². The third-order valence-electron chi connectivity index (χ3n) is 2.24. The summed E-state index contributed by atoms with van der Waals surface area (Å²) in [5.41, 5.74) is 0. The predicted molar refractivity (Wildman–Crippen MR) is 43.0 cm³/mol. The predicted octanol–water partition coefficient (Wildman–Crippen LogP) is -0.464. The lowest BCUT2D eigenvalue weighted by Crippen LogP contribution is -2.33. The summed E-state index contributed by atoms with van der Waals surface area (Å²) < 4.78 is 0. The second-order valence-electron chi connectivity index (χ2n) is 3.06. The first kappa shape index (κ1) is 7.46. The van der Waals surface area contributed by atoms with Crippen molar-refractivity contribution in [3.63, 3.8) is 0 Å². The summed E-state index contributed by atoms with van der Waals surface area (Å²) in [4.78, 5) is 26.5. The molecule has 0 aromatic rings. The standard InChI is InChI=1S/C8H10N2O2/c11-5-1-2-6(12)7(5)8-9-3-4-10-8/h7H,1-4H2,(H,9,10). The van der Waals surface area contributed by atoms with Gasteiger partial charge in [-0.1, -0.05) is 0 Å². The molecule has 0 atom stereocenters. The van der Waals surface area contributed by atoms with Crippen molar-refractivity contribution in [2.75, 3.05) is 13.1 Å². The number of Topliss-reactive ketones (excluding diaryl/α,β-unsaturated/α-hetero) is 2. The van der Waals surface area contributed by atoms with Gasteiger partial charge in [0.15, 0.2) is 11.6 Å². The molecule has 0 aromatic carbocycles. The van der Waals surface area contributed by atoms with Gasteiger partial charge in [-0.15, -0.1) is 0 Å². The molecule has 1 aliphatic heterocycles. The Morgan fingerprint density at radius 1 is 1.25 bits per heavy atom. The maximum Gasteiger partial charge on any atom is 0.151 e. The number of ketones is 2. The maximum atomic E-state index is 11.2. The molecule has 0 unspecified atom stereocenters. The Kier molecular flexibility index (Phi) is 1.67. The second-order valence-corrected chi connectivity index (χ2v) is 3.06. The molecule has 4 heteroatoms. The van der Waals surface area contributed by atoms with E-state index in [1.54, 1.807) is 0 Å². The normalized spacial score (nSPS) is 24.5. The van der Waals surface area contributed by atoms with Gasteiger partial charge < -0.3 is 5.32 Å². The Hall–Kier alpha value is -1.19. The molecular formula is C8H10N2O2. The average Bonchev–Trinajstić information content (AvgIpc) is 2.61. The molecule has 0 saturated heterocycles. The fourth-order valence-electron chi connectivity index (χ4n) is 1.63. The summed E-state index contributed by atoms with van der Waals surface area (Å²) in [6, 6.07) is 0. The van der Waals surface area contributed by atoms with E-state index >= 15 is 0 Å². The first-order valence-corrected chi connectivity index (χ1v) is 4.12. The van der Waals surface area contributed by atoms with Gasteiger partial charge in [0.05, 0.1) is 6.54 Å². The molecule has 12 heavy (non-hydrogen) atoms. The lowest BCUT2D eigenvalue weighted by molar-refractivity contribution is -0.124. The van der Waals surface area contributed by atoms with Crippen LogP contribution in [0.5, 0.6) is 0 Å². The summed E-state index contributed by atoms with van der Waals surface area (Å²) in [5, 5.41) is 2.97. The van der Waals surface area contributed by atoms with Crippen LogP contribution in [0.4, 0.5) is 0 Å². The number of rotatable bonds is 1. The Labute approximate surface area is 70.1 Å². The molecule has 4 nitrogen and oxygen atoms in total. The number of nitrogens with zero attached hydrogens (tertiary/aromatic N) is 1. The number of amidine groups is 1. The molecule has 1 saturated carbocycles. The van der Waals surface area contributed by atoms with Crippen LogP contribution in [0.3, 0.4) is 0 Å². The highest BCUT2D eigenvalue weighted by atomic mass is 16.2. The van der Waals surface area contributed by atoms with Crippen molar-refractivity contribution in [2.45, 2.75) is 12.8 Å². The first-order chi connectivity index (χ1) is 5.79. The van der Waals surface area contributed by atoms with Crippen LogP contribution in [0.1, 0.15) is 12.8 Å². The van der Waals surface area contributed by atoms with E-state index in [1.165, 1.54) is 0 Å². The fourth-order valence-corrected chi connectivity index (χ4v) is 1.63. The molecule has 0 spiro atoms. The first-order valence-electron chi connectivity index (χ1n) is 4.12. The highest BCUT2D eigenvalue weighted by molar-refractivity contribution is 6.24. The molecule has 0 amide bonds. The molecule has 0 radical (unpaired) electrons. The summed E-state index contributed by atoms with van der Waals surface area (Å²) in [7, 11) is 0. The zero-order chi connectivity index (χ0) is 8.55. The Bertz CT molecular complexity index is 254. The average molecular weight is 166 g/mol. The lowest BCUT2D eigenvalue weighted by Gasteiger charge is -2.06. The minimum Gasteiger partial charge on any atom is -0.371 e. The SMILES string of the molecule is O=C1CCC(=O)C1C1=NCCN1. The van der Waals surface area contributed by atoms with Crippen molar-refractivity contribution in [1.29, 1.82) is 0 Å². The quantitative estimate of drug-likeness (QED) is 0.536. The number of hydrogen-bond donors (Lipinski definition) is 1. The second kappa shape index (κ2) is 2.69. The van der Waals surface area contributed by atoms with E-state index in [0.717, 1.165) is 6.54 Å². The molecule has 2 aliphatic rings.